The molecule has 0 aliphatic carbocycles. The van der Waals surface area contributed by atoms with E-state index in [1.807, 2.05) is 0 Å². The first-order valence-corrected chi connectivity index (χ1v) is 6.62. The van der Waals surface area contributed by atoms with Gasteiger partial charge < -0.3 is 10.0 Å². The third-order valence-corrected chi connectivity index (χ3v) is 3.55. The zero-order chi connectivity index (χ0) is 12.8. The van der Waals surface area contributed by atoms with Gasteiger partial charge in [0.1, 0.15) is 0 Å². The van der Waals surface area contributed by atoms with Gasteiger partial charge in [-0.25, -0.2) is 0 Å². The van der Waals surface area contributed by atoms with Crippen LogP contribution in [0.15, 0.2) is 24.5 Å². The van der Waals surface area contributed by atoms with Gasteiger partial charge >= 0.3 is 5.97 Å². The Hall–Kier alpha value is -1.42. The van der Waals surface area contributed by atoms with E-state index in [1.165, 1.54) is 25.7 Å². The number of aromatic nitrogens is 1. The second-order valence-corrected chi connectivity index (χ2v) is 4.89. The molecular formula is C14H20N2O2. The summed E-state index contributed by atoms with van der Waals surface area (Å²) in [6.07, 6.45) is 8.22. The average molecular weight is 248 g/mol. The Kier molecular flexibility index (Phi) is 4.70. The second kappa shape index (κ2) is 6.50. The van der Waals surface area contributed by atoms with Gasteiger partial charge in [-0.3, -0.25) is 9.78 Å². The Bertz CT molecular complexity index is 373. The summed E-state index contributed by atoms with van der Waals surface area (Å²) in [5.41, 5.74) is 0.849. The standard InChI is InChI=1S/C14H20N2O2/c17-14(18)13(12-5-7-15-8-6-12)11-16-9-3-1-2-4-10-16/h5-8,13H,1-4,9-11H2,(H,17,18). The molecule has 1 saturated heterocycles. The van der Waals surface area contributed by atoms with Crippen LogP contribution in [0, 0.1) is 0 Å². The van der Waals surface area contributed by atoms with Crippen molar-refractivity contribution in [3.05, 3.63) is 30.1 Å². The zero-order valence-electron chi connectivity index (χ0n) is 10.6. The van der Waals surface area contributed by atoms with Crippen LogP contribution in [0.4, 0.5) is 0 Å². The molecule has 4 nitrogen and oxygen atoms in total. The molecule has 1 unspecified atom stereocenters. The Labute approximate surface area is 108 Å². The number of nitrogens with zero attached hydrogens (tertiary/aromatic N) is 2. The summed E-state index contributed by atoms with van der Waals surface area (Å²) in [5.74, 6) is -1.18. The van der Waals surface area contributed by atoms with E-state index in [0.717, 1.165) is 18.7 Å². The molecule has 1 aromatic rings. The Balaban J connectivity index is 2.04. The molecule has 0 radical (unpaired) electrons. The summed E-state index contributed by atoms with van der Waals surface area (Å²) in [5, 5.41) is 9.38. The molecule has 1 fully saturated rings. The van der Waals surface area contributed by atoms with Gasteiger partial charge in [0.05, 0.1) is 5.92 Å². The van der Waals surface area contributed by atoms with Crippen LogP contribution in [0.2, 0.25) is 0 Å². The lowest BCUT2D eigenvalue weighted by Crippen LogP contribution is -2.32. The summed E-state index contributed by atoms with van der Waals surface area (Å²) in [6, 6.07) is 3.60. The normalized spacial score (nSPS) is 19.1. The predicted molar refractivity (Wildman–Crippen MR) is 69.5 cm³/mol. The molecule has 1 N–H and O–H groups in total. The number of carbonyl (C=O) groups is 1. The van der Waals surface area contributed by atoms with Gasteiger partial charge in [-0.2, -0.15) is 0 Å². The molecule has 0 bridgehead atoms. The third kappa shape index (κ3) is 3.53. The van der Waals surface area contributed by atoms with Crippen LogP contribution in [0.3, 0.4) is 0 Å². The van der Waals surface area contributed by atoms with Crippen LogP contribution in [-0.2, 0) is 4.79 Å². The van der Waals surface area contributed by atoms with Crippen LogP contribution in [0.5, 0.6) is 0 Å². The number of pyridine rings is 1. The van der Waals surface area contributed by atoms with Crippen molar-refractivity contribution in [2.24, 2.45) is 0 Å². The minimum absolute atomic E-state index is 0.439. The van der Waals surface area contributed by atoms with Gasteiger partial charge in [-0.05, 0) is 43.6 Å². The van der Waals surface area contributed by atoms with E-state index < -0.39 is 11.9 Å². The van der Waals surface area contributed by atoms with E-state index in [1.54, 1.807) is 24.5 Å². The number of likely N-dealkylation sites (tertiary alicyclic amines) is 1. The summed E-state index contributed by atoms with van der Waals surface area (Å²) in [6.45, 7) is 2.66. The summed E-state index contributed by atoms with van der Waals surface area (Å²) >= 11 is 0. The van der Waals surface area contributed by atoms with Gasteiger partial charge in [0.15, 0.2) is 0 Å². The minimum atomic E-state index is -0.745. The SMILES string of the molecule is O=C(O)C(CN1CCCCCC1)c1ccncc1. The van der Waals surface area contributed by atoms with Gasteiger partial charge in [0, 0.05) is 18.9 Å². The molecule has 98 valence electrons. The van der Waals surface area contributed by atoms with Crippen LogP contribution in [-0.4, -0.2) is 40.6 Å². The lowest BCUT2D eigenvalue weighted by Gasteiger charge is -2.24. The molecule has 1 aliphatic rings. The van der Waals surface area contributed by atoms with Crippen molar-refractivity contribution in [2.45, 2.75) is 31.6 Å². The van der Waals surface area contributed by atoms with E-state index in [0.29, 0.717) is 6.54 Å². The minimum Gasteiger partial charge on any atom is -0.481 e. The van der Waals surface area contributed by atoms with Gasteiger partial charge in [-0.15, -0.1) is 0 Å². The highest BCUT2D eigenvalue weighted by Crippen LogP contribution is 2.19. The van der Waals surface area contributed by atoms with Crippen LogP contribution in [0.25, 0.3) is 0 Å². The Morgan fingerprint density at radius 2 is 1.83 bits per heavy atom. The molecule has 4 heteroatoms. The molecule has 18 heavy (non-hydrogen) atoms. The average Bonchev–Trinajstić information content (AvgIpc) is 2.65. The molecule has 0 aromatic carbocycles. The number of hydrogen-bond acceptors (Lipinski definition) is 3. The molecule has 1 atom stereocenters. The van der Waals surface area contributed by atoms with Crippen molar-refractivity contribution >= 4 is 5.97 Å². The van der Waals surface area contributed by atoms with E-state index >= 15 is 0 Å². The largest absolute Gasteiger partial charge is 0.481 e. The third-order valence-electron chi connectivity index (χ3n) is 3.55. The van der Waals surface area contributed by atoms with E-state index in [9.17, 15) is 9.90 Å². The fourth-order valence-corrected chi connectivity index (χ4v) is 2.50. The number of carboxylic acids is 1. The van der Waals surface area contributed by atoms with Crippen LogP contribution >= 0.6 is 0 Å². The fourth-order valence-electron chi connectivity index (χ4n) is 2.50. The van der Waals surface area contributed by atoms with Gasteiger partial charge in [-0.1, -0.05) is 12.8 Å². The fraction of sp³-hybridized carbons (Fsp3) is 0.571. The lowest BCUT2D eigenvalue weighted by atomic mass is 10.00. The smallest absolute Gasteiger partial charge is 0.312 e. The maximum Gasteiger partial charge on any atom is 0.312 e. The lowest BCUT2D eigenvalue weighted by molar-refractivity contribution is -0.139. The number of aliphatic carboxylic acids is 1. The quantitative estimate of drug-likeness (QED) is 0.886. The first-order chi connectivity index (χ1) is 8.77. The van der Waals surface area contributed by atoms with Gasteiger partial charge in [0.2, 0.25) is 0 Å². The Morgan fingerprint density at radius 3 is 2.39 bits per heavy atom. The summed E-state index contributed by atoms with van der Waals surface area (Å²) < 4.78 is 0. The summed E-state index contributed by atoms with van der Waals surface area (Å²) in [7, 11) is 0. The maximum absolute atomic E-state index is 11.4. The molecule has 0 amide bonds. The number of hydrogen-bond donors (Lipinski definition) is 1. The highest BCUT2D eigenvalue weighted by Gasteiger charge is 2.23. The highest BCUT2D eigenvalue weighted by atomic mass is 16.4. The summed E-state index contributed by atoms with van der Waals surface area (Å²) in [4.78, 5) is 17.6. The van der Waals surface area contributed by atoms with E-state index in [-0.39, 0.29) is 0 Å². The highest BCUT2D eigenvalue weighted by molar-refractivity contribution is 5.76. The zero-order valence-corrected chi connectivity index (χ0v) is 10.6. The monoisotopic (exact) mass is 248 g/mol. The van der Waals surface area contributed by atoms with Crippen molar-refractivity contribution in [1.29, 1.82) is 0 Å². The first kappa shape index (κ1) is 13.0. The van der Waals surface area contributed by atoms with Crippen molar-refractivity contribution in [2.75, 3.05) is 19.6 Å². The number of carboxylic acid groups (broad SMARTS) is 1. The molecule has 2 rings (SSSR count). The van der Waals surface area contributed by atoms with Crippen molar-refractivity contribution in [3.63, 3.8) is 0 Å². The maximum atomic E-state index is 11.4. The molecule has 2 heterocycles. The topological polar surface area (TPSA) is 53.4 Å². The number of rotatable bonds is 4. The van der Waals surface area contributed by atoms with Crippen molar-refractivity contribution in [1.82, 2.24) is 9.88 Å². The van der Waals surface area contributed by atoms with Crippen molar-refractivity contribution < 1.29 is 9.90 Å². The molecule has 0 saturated carbocycles. The van der Waals surface area contributed by atoms with Gasteiger partial charge in [0.25, 0.3) is 0 Å². The van der Waals surface area contributed by atoms with Crippen molar-refractivity contribution in [3.8, 4) is 0 Å². The second-order valence-electron chi connectivity index (χ2n) is 4.89. The first-order valence-electron chi connectivity index (χ1n) is 6.62. The molecule has 1 aliphatic heterocycles. The molecular weight excluding hydrogens is 228 g/mol. The van der Waals surface area contributed by atoms with E-state index in [2.05, 4.69) is 9.88 Å². The van der Waals surface area contributed by atoms with Crippen LogP contribution < -0.4 is 0 Å². The Morgan fingerprint density at radius 1 is 1.22 bits per heavy atom. The molecule has 1 aromatic heterocycles. The predicted octanol–water partition coefficient (Wildman–Crippen LogP) is 2.13. The van der Waals surface area contributed by atoms with E-state index in [4.69, 9.17) is 0 Å². The van der Waals surface area contributed by atoms with Crippen LogP contribution in [0.1, 0.15) is 37.2 Å². The molecule has 0 spiro atoms.